The summed E-state index contributed by atoms with van der Waals surface area (Å²) in [6, 6.07) is 0. The van der Waals surface area contributed by atoms with E-state index in [1.807, 2.05) is 6.26 Å². The highest BCUT2D eigenvalue weighted by Gasteiger charge is 2.37. The monoisotopic (exact) mass is 231 g/mol. The van der Waals surface area contributed by atoms with Crippen molar-refractivity contribution < 1.29 is 9.90 Å². The molecule has 1 aliphatic heterocycles. The molecule has 15 heavy (non-hydrogen) atoms. The van der Waals surface area contributed by atoms with E-state index in [2.05, 4.69) is 6.92 Å². The lowest BCUT2D eigenvalue weighted by Gasteiger charge is -2.22. The summed E-state index contributed by atoms with van der Waals surface area (Å²) in [5, 5.41) is 9.93. The van der Waals surface area contributed by atoms with Crippen molar-refractivity contribution in [2.24, 2.45) is 0 Å². The normalized spacial score (nSPS) is 26.3. The van der Waals surface area contributed by atoms with Crippen molar-refractivity contribution in [1.29, 1.82) is 0 Å². The van der Waals surface area contributed by atoms with Crippen LogP contribution in [-0.2, 0) is 4.79 Å². The van der Waals surface area contributed by atoms with Gasteiger partial charge in [0.05, 0.1) is 5.25 Å². The zero-order chi connectivity index (χ0) is 11.3. The summed E-state index contributed by atoms with van der Waals surface area (Å²) in [5.41, 5.74) is 0. The third-order valence-electron chi connectivity index (χ3n) is 2.90. The van der Waals surface area contributed by atoms with Crippen LogP contribution < -0.4 is 0 Å². The zero-order valence-electron chi connectivity index (χ0n) is 9.61. The maximum absolute atomic E-state index is 11.6. The molecule has 0 bridgehead atoms. The van der Waals surface area contributed by atoms with E-state index in [0.29, 0.717) is 6.42 Å². The molecule has 0 spiro atoms. The standard InChI is InChI=1S/C11H21NO2S/c1-3-4-5-6-7-12-10(13)8-9(15-2)11(12)14/h9,11,14H,3-8H2,1-2H3. The molecule has 1 heterocycles. The Morgan fingerprint density at radius 2 is 2.20 bits per heavy atom. The molecule has 1 fully saturated rings. The molecule has 4 heteroatoms. The highest BCUT2D eigenvalue weighted by Crippen LogP contribution is 2.26. The minimum Gasteiger partial charge on any atom is -0.372 e. The van der Waals surface area contributed by atoms with Gasteiger partial charge in [0.25, 0.3) is 0 Å². The van der Waals surface area contributed by atoms with Crippen LogP contribution >= 0.6 is 11.8 Å². The maximum atomic E-state index is 11.6. The van der Waals surface area contributed by atoms with Crippen LogP contribution in [0.1, 0.15) is 39.0 Å². The lowest BCUT2D eigenvalue weighted by Crippen LogP contribution is -2.36. The number of thioether (sulfide) groups is 1. The number of rotatable bonds is 6. The number of hydrogen-bond acceptors (Lipinski definition) is 3. The van der Waals surface area contributed by atoms with Gasteiger partial charge < -0.3 is 10.0 Å². The first-order valence-corrected chi connectivity index (χ1v) is 6.99. The Kier molecular flexibility index (Phi) is 5.47. The summed E-state index contributed by atoms with van der Waals surface area (Å²) >= 11 is 1.58. The molecule has 0 aliphatic carbocycles. The summed E-state index contributed by atoms with van der Waals surface area (Å²) in [5.74, 6) is 0.110. The van der Waals surface area contributed by atoms with Gasteiger partial charge in [-0.25, -0.2) is 0 Å². The second kappa shape index (κ2) is 6.38. The molecule has 1 saturated heterocycles. The SMILES string of the molecule is CCCCCCN1C(=O)CC(SC)C1O. The molecule has 0 saturated carbocycles. The number of carbonyl (C=O) groups excluding carboxylic acids is 1. The molecule has 0 aromatic rings. The average Bonchev–Trinajstić information content (AvgIpc) is 2.50. The summed E-state index contributed by atoms with van der Waals surface area (Å²) in [7, 11) is 0. The van der Waals surface area contributed by atoms with E-state index in [1.165, 1.54) is 12.8 Å². The van der Waals surface area contributed by atoms with E-state index >= 15 is 0 Å². The van der Waals surface area contributed by atoms with E-state index in [4.69, 9.17) is 0 Å². The van der Waals surface area contributed by atoms with E-state index < -0.39 is 6.23 Å². The van der Waals surface area contributed by atoms with Gasteiger partial charge in [0.1, 0.15) is 6.23 Å². The van der Waals surface area contributed by atoms with E-state index in [-0.39, 0.29) is 11.2 Å². The molecular weight excluding hydrogens is 210 g/mol. The first kappa shape index (κ1) is 12.8. The van der Waals surface area contributed by atoms with Crippen LogP contribution in [0.3, 0.4) is 0 Å². The molecule has 0 aromatic carbocycles. The number of unbranched alkanes of at least 4 members (excludes halogenated alkanes) is 3. The Balaban J connectivity index is 2.31. The topological polar surface area (TPSA) is 40.5 Å². The summed E-state index contributed by atoms with van der Waals surface area (Å²) in [6.45, 7) is 2.89. The minimum absolute atomic E-state index is 0.0728. The Bertz CT molecular complexity index is 211. The van der Waals surface area contributed by atoms with Crippen molar-refractivity contribution in [2.45, 2.75) is 50.5 Å². The first-order valence-electron chi connectivity index (χ1n) is 5.71. The quantitative estimate of drug-likeness (QED) is 0.709. The molecule has 0 aromatic heterocycles. The second-order valence-corrected chi connectivity index (χ2v) is 5.12. The van der Waals surface area contributed by atoms with Gasteiger partial charge in [0.15, 0.2) is 0 Å². The zero-order valence-corrected chi connectivity index (χ0v) is 10.4. The van der Waals surface area contributed by atoms with Crippen molar-refractivity contribution in [1.82, 2.24) is 4.90 Å². The smallest absolute Gasteiger partial charge is 0.225 e. The van der Waals surface area contributed by atoms with Crippen molar-refractivity contribution in [3.63, 3.8) is 0 Å². The van der Waals surface area contributed by atoms with Gasteiger partial charge in [-0.05, 0) is 12.7 Å². The lowest BCUT2D eigenvalue weighted by atomic mass is 10.2. The number of aliphatic hydroxyl groups excluding tert-OH is 1. The molecule has 88 valence electrons. The Labute approximate surface area is 96.2 Å². The highest BCUT2D eigenvalue weighted by molar-refractivity contribution is 7.99. The van der Waals surface area contributed by atoms with E-state index in [9.17, 15) is 9.90 Å². The Morgan fingerprint density at radius 1 is 1.47 bits per heavy atom. The predicted octanol–water partition coefficient (Wildman–Crippen LogP) is 1.85. The number of aliphatic hydroxyl groups is 1. The van der Waals surface area contributed by atoms with Gasteiger partial charge in [-0.1, -0.05) is 26.2 Å². The molecule has 3 nitrogen and oxygen atoms in total. The minimum atomic E-state index is -0.561. The third-order valence-corrected chi connectivity index (χ3v) is 3.92. The summed E-state index contributed by atoms with van der Waals surface area (Å²) < 4.78 is 0. The largest absolute Gasteiger partial charge is 0.372 e. The van der Waals surface area contributed by atoms with Gasteiger partial charge in [-0.2, -0.15) is 11.8 Å². The van der Waals surface area contributed by atoms with Gasteiger partial charge in [-0.15, -0.1) is 0 Å². The van der Waals surface area contributed by atoms with Gasteiger partial charge in [-0.3, -0.25) is 4.79 Å². The first-order chi connectivity index (χ1) is 7.20. The number of amides is 1. The van der Waals surface area contributed by atoms with E-state index in [1.54, 1.807) is 16.7 Å². The number of nitrogens with zero attached hydrogens (tertiary/aromatic N) is 1. The van der Waals surface area contributed by atoms with Crippen molar-refractivity contribution in [3.05, 3.63) is 0 Å². The Morgan fingerprint density at radius 3 is 2.73 bits per heavy atom. The van der Waals surface area contributed by atoms with Crippen LogP contribution in [0.4, 0.5) is 0 Å². The van der Waals surface area contributed by atoms with Crippen molar-refractivity contribution in [2.75, 3.05) is 12.8 Å². The van der Waals surface area contributed by atoms with Gasteiger partial charge in [0, 0.05) is 13.0 Å². The maximum Gasteiger partial charge on any atom is 0.225 e. The van der Waals surface area contributed by atoms with Crippen LogP contribution in [0.25, 0.3) is 0 Å². The fourth-order valence-corrected chi connectivity index (χ4v) is 2.61. The number of hydrogen-bond donors (Lipinski definition) is 1. The highest BCUT2D eigenvalue weighted by atomic mass is 32.2. The molecule has 1 rings (SSSR count). The molecule has 1 amide bonds. The summed E-state index contributed by atoms with van der Waals surface area (Å²) in [4.78, 5) is 13.2. The van der Waals surface area contributed by atoms with Crippen LogP contribution in [0.5, 0.6) is 0 Å². The fourth-order valence-electron chi connectivity index (χ4n) is 1.91. The molecular formula is C11H21NO2S. The molecule has 1 aliphatic rings. The number of carbonyl (C=O) groups is 1. The average molecular weight is 231 g/mol. The van der Waals surface area contributed by atoms with Gasteiger partial charge >= 0.3 is 0 Å². The molecule has 2 unspecified atom stereocenters. The second-order valence-electron chi connectivity index (χ2n) is 4.04. The third kappa shape index (κ3) is 3.38. The van der Waals surface area contributed by atoms with Crippen LogP contribution in [0.2, 0.25) is 0 Å². The van der Waals surface area contributed by atoms with Crippen LogP contribution in [0.15, 0.2) is 0 Å². The van der Waals surface area contributed by atoms with Crippen LogP contribution in [0, 0.1) is 0 Å². The molecule has 1 N–H and O–H groups in total. The van der Waals surface area contributed by atoms with Crippen molar-refractivity contribution >= 4 is 17.7 Å². The van der Waals surface area contributed by atoms with Crippen molar-refractivity contribution in [3.8, 4) is 0 Å². The Hall–Kier alpha value is -0.220. The molecule has 2 atom stereocenters. The van der Waals surface area contributed by atoms with Crippen LogP contribution in [-0.4, -0.2) is 40.2 Å². The predicted molar refractivity (Wildman–Crippen MR) is 63.8 cm³/mol. The number of likely N-dealkylation sites (tertiary alicyclic amines) is 1. The summed E-state index contributed by atoms with van der Waals surface area (Å²) in [6.07, 6.45) is 6.45. The van der Waals surface area contributed by atoms with Gasteiger partial charge in [0.2, 0.25) is 5.91 Å². The van der Waals surface area contributed by atoms with E-state index in [0.717, 1.165) is 19.4 Å². The molecule has 0 radical (unpaired) electrons. The lowest BCUT2D eigenvalue weighted by molar-refractivity contribution is -0.133. The fraction of sp³-hybridized carbons (Fsp3) is 0.909.